The SMILES string of the molecule is COC[C@]12C[C@H]1[C@@](C)(c1cc(Cc3nccc4cc(OCC#N)cnc34)cc(F)c1F)N=C(N)S2. The number of halogens is 2. The van der Waals surface area contributed by atoms with Gasteiger partial charge >= 0.3 is 0 Å². The minimum absolute atomic E-state index is 0.0272. The lowest BCUT2D eigenvalue weighted by atomic mass is 9.84. The number of methoxy groups -OCH3 is 1. The molecule has 3 atom stereocenters. The number of hydrogen-bond acceptors (Lipinski definition) is 8. The van der Waals surface area contributed by atoms with E-state index in [4.69, 9.17) is 20.5 Å². The number of ether oxygens (including phenoxy) is 2. The molecule has 0 spiro atoms. The molecule has 3 heterocycles. The molecule has 35 heavy (non-hydrogen) atoms. The zero-order valence-corrected chi connectivity index (χ0v) is 20.0. The van der Waals surface area contributed by atoms with Gasteiger partial charge in [-0.05, 0) is 43.2 Å². The lowest BCUT2D eigenvalue weighted by Crippen LogP contribution is -2.38. The summed E-state index contributed by atoms with van der Waals surface area (Å²) in [4.78, 5) is 13.5. The van der Waals surface area contributed by atoms with E-state index in [1.165, 1.54) is 24.0 Å². The van der Waals surface area contributed by atoms with Crippen LogP contribution >= 0.6 is 11.8 Å². The Morgan fingerprint density at radius 3 is 2.89 bits per heavy atom. The Labute approximate surface area is 205 Å². The predicted octanol–water partition coefficient (Wildman–Crippen LogP) is 4.08. The van der Waals surface area contributed by atoms with E-state index in [9.17, 15) is 4.39 Å². The summed E-state index contributed by atoms with van der Waals surface area (Å²) < 4.78 is 40.5. The van der Waals surface area contributed by atoms with Crippen LogP contribution in [0.1, 0.15) is 30.2 Å². The Hall–Kier alpha value is -3.29. The van der Waals surface area contributed by atoms with Crippen LogP contribution in [0.5, 0.6) is 5.75 Å². The maximum atomic E-state index is 15.2. The molecule has 1 saturated carbocycles. The van der Waals surface area contributed by atoms with Crippen molar-refractivity contribution in [2.75, 3.05) is 20.3 Å². The van der Waals surface area contributed by atoms with Crippen molar-refractivity contribution < 1.29 is 18.3 Å². The number of fused-ring (bicyclic) bond motifs is 2. The fourth-order valence-corrected chi connectivity index (χ4v) is 6.51. The molecule has 7 nitrogen and oxygen atoms in total. The monoisotopic (exact) mass is 495 g/mol. The maximum Gasteiger partial charge on any atom is 0.174 e. The van der Waals surface area contributed by atoms with Crippen molar-refractivity contribution in [1.82, 2.24) is 9.97 Å². The van der Waals surface area contributed by atoms with Crippen LogP contribution in [-0.2, 0) is 16.7 Å². The second kappa shape index (κ2) is 8.73. The Morgan fingerprint density at radius 2 is 2.11 bits per heavy atom. The first-order chi connectivity index (χ1) is 16.8. The van der Waals surface area contributed by atoms with E-state index in [0.717, 1.165) is 11.8 Å². The number of benzene rings is 1. The number of nitrogens with two attached hydrogens (primary N) is 1. The highest BCUT2D eigenvalue weighted by Gasteiger charge is 2.66. The van der Waals surface area contributed by atoms with Crippen molar-refractivity contribution in [3.63, 3.8) is 0 Å². The highest BCUT2D eigenvalue weighted by Crippen LogP contribution is 2.66. The summed E-state index contributed by atoms with van der Waals surface area (Å²) in [5, 5.41) is 9.83. The summed E-state index contributed by atoms with van der Waals surface area (Å²) >= 11 is 1.45. The minimum atomic E-state index is -1.01. The molecular weight excluding hydrogens is 472 g/mol. The summed E-state index contributed by atoms with van der Waals surface area (Å²) in [5.41, 5.74) is 7.08. The van der Waals surface area contributed by atoms with Crippen LogP contribution in [0.25, 0.3) is 10.9 Å². The molecule has 2 aliphatic rings. The third-order valence-corrected chi connectivity index (χ3v) is 7.98. The molecule has 1 aliphatic carbocycles. The molecule has 2 N–H and O–H groups in total. The zero-order valence-electron chi connectivity index (χ0n) is 19.2. The van der Waals surface area contributed by atoms with E-state index in [1.54, 1.807) is 31.5 Å². The van der Waals surface area contributed by atoms with Crippen LogP contribution in [0.15, 0.2) is 41.7 Å². The first kappa shape index (κ1) is 23.5. The smallest absolute Gasteiger partial charge is 0.174 e. The summed E-state index contributed by atoms with van der Waals surface area (Å²) in [6.07, 6.45) is 4.14. The second-order valence-corrected chi connectivity index (χ2v) is 10.5. The third-order valence-electron chi connectivity index (χ3n) is 6.70. The van der Waals surface area contributed by atoms with Gasteiger partial charge in [-0.1, -0.05) is 11.8 Å². The average Bonchev–Trinajstić information content (AvgIpc) is 3.54. The number of nitrogens with zero attached hydrogens (tertiary/aromatic N) is 4. The molecular formula is C25H23F2N5O2S. The van der Waals surface area contributed by atoms with Gasteiger partial charge in [0.1, 0.15) is 11.8 Å². The lowest BCUT2D eigenvalue weighted by Gasteiger charge is -2.34. The largest absolute Gasteiger partial charge is 0.477 e. The molecule has 3 aromatic rings. The highest BCUT2D eigenvalue weighted by atomic mass is 32.2. The topological polar surface area (TPSA) is 106 Å². The van der Waals surface area contributed by atoms with Gasteiger partial charge in [0.2, 0.25) is 0 Å². The molecule has 1 aromatic carbocycles. The molecule has 5 rings (SSSR count). The number of hydrogen-bond donors (Lipinski definition) is 1. The second-order valence-electron chi connectivity index (χ2n) is 9.02. The Balaban J connectivity index is 1.52. The number of thioether (sulfide) groups is 1. The van der Waals surface area contributed by atoms with Crippen LogP contribution < -0.4 is 10.5 Å². The molecule has 0 amide bonds. The van der Waals surface area contributed by atoms with Crippen molar-refractivity contribution in [2.24, 2.45) is 16.6 Å². The van der Waals surface area contributed by atoms with E-state index < -0.39 is 17.2 Å². The van der Waals surface area contributed by atoms with Crippen molar-refractivity contribution in [2.45, 2.75) is 30.1 Å². The first-order valence-electron chi connectivity index (χ1n) is 11.0. The molecule has 0 radical (unpaired) electrons. The van der Waals surface area contributed by atoms with E-state index >= 15 is 4.39 Å². The molecule has 10 heteroatoms. The third kappa shape index (κ3) is 4.09. The van der Waals surface area contributed by atoms with E-state index in [2.05, 4.69) is 15.0 Å². The minimum Gasteiger partial charge on any atom is -0.477 e. The molecule has 0 saturated heterocycles. The van der Waals surface area contributed by atoms with Crippen LogP contribution in [0.3, 0.4) is 0 Å². The van der Waals surface area contributed by atoms with E-state index in [0.29, 0.717) is 34.3 Å². The van der Waals surface area contributed by atoms with Gasteiger partial charge in [0.25, 0.3) is 0 Å². The summed E-state index contributed by atoms with van der Waals surface area (Å²) in [5.74, 6) is -1.42. The lowest BCUT2D eigenvalue weighted by molar-refractivity contribution is 0.184. The molecule has 0 unspecified atom stereocenters. The van der Waals surface area contributed by atoms with Crippen molar-refractivity contribution in [3.8, 4) is 11.8 Å². The van der Waals surface area contributed by atoms with Gasteiger partial charge in [0.05, 0.1) is 34.3 Å². The van der Waals surface area contributed by atoms with Gasteiger partial charge in [-0.3, -0.25) is 15.0 Å². The van der Waals surface area contributed by atoms with Crippen LogP contribution in [-0.4, -0.2) is 40.2 Å². The number of aliphatic imine (C=N–C) groups is 1. The van der Waals surface area contributed by atoms with Gasteiger partial charge in [0.15, 0.2) is 23.4 Å². The molecule has 0 bridgehead atoms. The average molecular weight is 496 g/mol. The highest BCUT2D eigenvalue weighted by molar-refractivity contribution is 8.15. The van der Waals surface area contributed by atoms with E-state index in [1.807, 2.05) is 13.0 Å². The molecule has 1 aliphatic heterocycles. The predicted molar refractivity (Wildman–Crippen MR) is 129 cm³/mol. The van der Waals surface area contributed by atoms with Crippen LogP contribution in [0.2, 0.25) is 0 Å². The normalized spacial score (nSPS) is 25.0. The van der Waals surface area contributed by atoms with E-state index in [-0.39, 0.29) is 29.3 Å². The maximum absolute atomic E-state index is 15.2. The summed E-state index contributed by atoms with van der Waals surface area (Å²) in [6, 6.07) is 8.31. The number of nitriles is 1. The fourth-order valence-electron chi connectivity index (χ4n) is 5.06. The Morgan fingerprint density at radius 1 is 1.29 bits per heavy atom. The van der Waals surface area contributed by atoms with Gasteiger partial charge < -0.3 is 15.2 Å². The van der Waals surface area contributed by atoms with Crippen molar-refractivity contribution >= 4 is 27.8 Å². The Kier molecular flexibility index (Phi) is 5.85. The van der Waals surface area contributed by atoms with Gasteiger partial charge in [-0.2, -0.15) is 5.26 Å². The van der Waals surface area contributed by atoms with Crippen LogP contribution in [0, 0.1) is 28.9 Å². The molecule has 2 aromatic heterocycles. The Bertz CT molecular complexity index is 1390. The first-order valence-corrected chi connectivity index (χ1v) is 11.9. The van der Waals surface area contributed by atoms with Gasteiger partial charge in [0, 0.05) is 36.6 Å². The quantitative estimate of drug-likeness (QED) is 0.526. The standard InChI is InChI=1S/C25H23F2N5O2S/c1-24(20-11-25(20,13-33-2)35-23(29)32-24)17-7-14(8-18(26)21(17)27)9-19-22-15(3-5-30-19)10-16(12-31-22)34-6-4-28/h3,5,7-8,10,12,20H,6,9,11,13H2,1-2H3,(H2,29,32)/t20-,24+,25+/m0/s1. The summed E-state index contributed by atoms with van der Waals surface area (Å²) in [7, 11) is 1.62. The fraction of sp³-hybridized carbons (Fsp3) is 0.360. The van der Waals surface area contributed by atoms with Crippen molar-refractivity contribution in [3.05, 3.63) is 65.1 Å². The molecule has 1 fully saturated rings. The van der Waals surface area contributed by atoms with Crippen LogP contribution in [0.4, 0.5) is 8.78 Å². The van der Waals surface area contributed by atoms with Gasteiger partial charge in [-0.15, -0.1) is 0 Å². The van der Waals surface area contributed by atoms with Gasteiger partial charge in [-0.25, -0.2) is 8.78 Å². The number of aromatic nitrogens is 2. The number of pyridine rings is 2. The van der Waals surface area contributed by atoms with Crippen molar-refractivity contribution in [1.29, 1.82) is 5.26 Å². The zero-order chi connectivity index (χ0) is 24.8. The number of amidine groups is 1. The number of rotatable bonds is 7. The summed E-state index contributed by atoms with van der Waals surface area (Å²) in [6.45, 7) is 2.19. The molecule has 180 valence electrons.